The lowest BCUT2D eigenvalue weighted by atomic mass is 10.1. The van der Waals surface area contributed by atoms with Gasteiger partial charge in [-0.1, -0.05) is 72.8 Å². The Kier molecular flexibility index (Phi) is 6.55. The van der Waals surface area contributed by atoms with Crippen molar-refractivity contribution in [3.8, 4) is 0 Å². The zero-order valence-corrected chi connectivity index (χ0v) is 28.7. The first-order valence-corrected chi connectivity index (χ1v) is 18.0. The molecule has 6 aromatic carbocycles. The van der Waals surface area contributed by atoms with E-state index < -0.39 is 0 Å². The van der Waals surface area contributed by atoms with Crippen molar-refractivity contribution >= 4 is 110 Å². The summed E-state index contributed by atoms with van der Waals surface area (Å²) < 4.78 is 14.2. The van der Waals surface area contributed by atoms with E-state index in [0.29, 0.717) is 11.6 Å². The molecule has 53 heavy (non-hydrogen) atoms. The van der Waals surface area contributed by atoms with Crippen molar-refractivity contribution in [1.82, 2.24) is 20.4 Å². The molecule has 0 aliphatic carbocycles. The van der Waals surface area contributed by atoms with E-state index in [0.717, 1.165) is 87.1 Å². The lowest BCUT2D eigenvalue weighted by molar-refractivity contribution is 0.668. The Balaban J connectivity index is 1.04. The molecule has 0 aliphatic rings. The highest BCUT2D eigenvalue weighted by Crippen LogP contribution is 2.42. The molecular formula is C44H26N6O2S. The molecule has 0 bridgehead atoms. The maximum Gasteiger partial charge on any atom is 0.161 e. The summed E-state index contributed by atoms with van der Waals surface area (Å²) in [5.41, 5.74) is 8.68. The highest BCUT2D eigenvalue weighted by Gasteiger charge is 2.22. The molecule has 0 saturated heterocycles. The van der Waals surface area contributed by atoms with Crippen LogP contribution in [0.2, 0.25) is 0 Å². The first-order valence-electron chi connectivity index (χ1n) is 17.2. The van der Waals surface area contributed by atoms with Gasteiger partial charge in [0, 0.05) is 56.4 Å². The Morgan fingerprint density at radius 1 is 0.358 bits per heavy atom. The second kappa shape index (κ2) is 11.7. The Bertz CT molecular complexity index is 2940. The molecule has 0 radical (unpaired) electrons. The number of thiophene rings is 1. The minimum Gasteiger partial charge on any atom is -0.456 e. The Hall–Kier alpha value is -7.10. The van der Waals surface area contributed by atoms with Crippen LogP contribution in [0, 0.1) is 0 Å². The van der Waals surface area contributed by atoms with Gasteiger partial charge in [-0.15, -0.1) is 31.7 Å². The van der Waals surface area contributed by atoms with Gasteiger partial charge in [0.25, 0.3) is 0 Å². The van der Waals surface area contributed by atoms with Gasteiger partial charge in [-0.2, -0.15) is 0 Å². The van der Waals surface area contributed by atoms with Gasteiger partial charge in [0.2, 0.25) is 0 Å². The Labute approximate surface area is 305 Å². The van der Waals surface area contributed by atoms with E-state index in [1.165, 1.54) is 0 Å². The zero-order chi connectivity index (χ0) is 34.9. The molecule has 0 fully saturated rings. The lowest BCUT2D eigenvalue weighted by Crippen LogP contribution is -2.12. The standard InChI is InChI=1S/C44H26N6O2S/c1-3-11-27(12-4-1)49(29-19-21-37-33(23-29)31-15-7-9-17-35(31)51-37)41-25-39-43(47-45-41)44-40(53-39)26-42(46-48-44)50(28-13-5-2-6-14-28)30-20-22-38-34(24-30)32-16-8-10-18-36(32)52-38/h1-26H. The van der Waals surface area contributed by atoms with Crippen molar-refractivity contribution in [2.45, 2.75) is 0 Å². The maximum absolute atomic E-state index is 6.14. The molecule has 5 heterocycles. The van der Waals surface area contributed by atoms with Crippen LogP contribution in [0.15, 0.2) is 167 Å². The number of nitrogens with zero attached hydrogens (tertiary/aromatic N) is 6. The minimum atomic E-state index is 0.696. The van der Waals surface area contributed by atoms with Crippen LogP contribution in [0.3, 0.4) is 0 Å². The molecule has 0 unspecified atom stereocenters. The molecule has 11 aromatic rings. The van der Waals surface area contributed by atoms with E-state index in [1.807, 2.05) is 84.9 Å². The Morgan fingerprint density at radius 3 is 1.25 bits per heavy atom. The molecule has 0 atom stereocenters. The van der Waals surface area contributed by atoms with Gasteiger partial charge in [0.15, 0.2) is 11.6 Å². The van der Waals surface area contributed by atoms with E-state index in [9.17, 15) is 0 Å². The highest BCUT2D eigenvalue weighted by atomic mass is 32.1. The van der Waals surface area contributed by atoms with Gasteiger partial charge in [0.1, 0.15) is 33.4 Å². The van der Waals surface area contributed by atoms with E-state index in [1.54, 1.807) is 11.3 Å². The first kappa shape index (κ1) is 29.6. The number of benzene rings is 6. The summed E-state index contributed by atoms with van der Waals surface area (Å²) in [6.07, 6.45) is 0. The molecular weight excluding hydrogens is 677 g/mol. The molecule has 0 aliphatic heterocycles. The van der Waals surface area contributed by atoms with Crippen molar-refractivity contribution in [3.63, 3.8) is 0 Å². The number of anilines is 6. The van der Waals surface area contributed by atoms with Gasteiger partial charge < -0.3 is 8.83 Å². The molecule has 9 heteroatoms. The van der Waals surface area contributed by atoms with Gasteiger partial charge in [-0.3, -0.25) is 9.80 Å². The first-order chi connectivity index (χ1) is 26.2. The van der Waals surface area contributed by atoms with Crippen LogP contribution in [-0.2, 0) is 0 Å². The summed E-state index contributed by atoms with van der Waals surface area (Å²) in [4.78, 5) is 4.25. The van der Waals surface area contributed by atoms with Crippen molar-refractivity contribution in [3.05, 3.63) is 158 Å². The quantitative estimate of drug-likeness (QED) is 0.169. The van der Waals surface area contributed by atoms with Crippen LogP contribution in [0.25, 0.3) is 64.3 Å². The second-order valence-electron chi connectivity index (χ2n) is 12.8. The summed E-state index contributed by atoms with van der Waals surface area (Å²) in [5.74, 6) is 1.39. The summed E-state index contributed by atoms with van der Waals surface area (Å²) in [6, 6.07) is 53.4. The van der Waals surface area contributed by atoms with Gasteiger partial charge in [0.05, 0.1) is 9.40 Å². The summed E-state index contributed by atoms with van der Waals surface area (Å²) in [7, 11) is 0. The van der Waals surface area contributed by atoms with E-state index in [-0.39, 0.29) is 0 Å². The van der Waals surface area contributed by atoms with Gasteiger partial charge in [-0.25, -0.2) is 0 Å². The second-order valence-corrected chi connectivity index (χ2v) is 13.9. The van der Waals surface area contributed by atoms with Crippen LogP contribution >= 0.6 is 11.3 Å². The molecule has 0 saturated carbocycles. The highest BCUT2D eigenvalue weighted by molar-refractivity contribution is 7.25. The van der Waals surface area contributed by atoms with Crippen LogP contribution in [0.4, 0.5) is 34.4 Å². The van der Waals surface area contributed by atoms with Crippen LogP contribution in [-0.4, -0.2) is 20.4 Å². The number of rotatable bonds is 6. The third kappa shape index (κ3) is 4.82. The number of furan rings is 2. The number of aromatic nitrogens is 4. The maximum atomic E-state index is 6.14. The average Bonchev–Trinajstić information content (AvgIpc) is 3.89. The molecule has 250 valence electrons. The Morgan fingerprint density at radius 2 is 0.774 bits per heavy atom. The summed E-state index contributed by atoms with van der Waals surface area (Å²) in [5, 5.41) is 23.3. The number of hydrogen-bond donors (Lipinski definition) is 0. The van der Waals surface area contributed by atoms with Crippen molar-refractivity contribution in [2.24, 2.45) is 0 Å². The van der Waals surface area contributed by atoms with Gasteiger partial charge >= 0.3 is 0 Å². The molecule has 0 spiro atoms. The monoisotopic (exact) mass is 702 g/mol. The number of hydrogen-bond acceptors (Lipinski definition) is 9. The topological polar surface area (TPSA) is 84.3 Å². The summed E-state index contributed by atoms with van der Waals surface area (Å²) in [6.45, 7) is 0. The third-order valence-electron chi connectivity index (χ3n) is 9.66. The third-order valence-corrected chi connectivity index (χ3v) is 10.7. The van der Waals surface area contributed by atoms with Crippen molar-refractivity contribution < 1.29 is 8.83 Å². The lowest BCUT2D eigenvalue weighted by Gasteiger charge is -2.23. The van der Waals surface area contributed by atoms with E-state index >= 15 is 0 Å². The normalized spacial score (nSPS) is 11.8. The minimum absolute atomic E-state index is 0.696. The zero-order valence-electron chi connectivity index (χ0n) is 27.9. The van der Waals surface area contributed by atoms with Crippen LogP contribution < -0.4 is 9.80 Å². The van der Waals surface area contributed by atoms with Crippen molar-refractivity contribution in [1.29, 1.82) is 0 Å². The largest absolute Gasteiger partial charge is 0.456 e. The number of para-hydroxylation sites is 4. The summed E-state index contributed by atoms with van der Waals surface area (Å²) >= 11 is 1.63. The van der Waals surface area contributed by atoms with E-state index in [2.05, 4.69) is 82.6 Å². The molecule has 0 N–H and O–H groups in total. The predicted molar refractivity (Wildman–Crippen MR) is 214 cm³/mol. The smallest absolute Gasteiger partial charge is 0.161 e. The fourth-order valence-corrected chi connectivity index (χ4v) is 8.27. The molecule has 8 nitrogen and oxygen atoms in total. The fourth-order valence-electron chi connectivity index (χ4n) is 7.24. The molecule has 5 aromatic heterocycles. The van der Waals surface area contributed by atoms with Crippen molar-refractivity contribution in [2.75, 3.05) is 9.80 Å². The van der Waals surface area contributed by atoms with Gasteiger partial charge in [-0.05, 0) is 72.8 Å². The van der Waals surface area contributed by atoms with Crippen LogP contribution in [0.1, 0.15) is 0 Å². The predicted octanol–water partition coefficient (Wildman–Crippen LogP) is 12.4. The fraction of sp³-hybridized carbons (Fsp3) is 0. The molecule has 0 amide bonds. The SMILES string of the molecule is c1ccc(N(c2ccc3oc4ccccc4c3c2)c2cc3sc4cc(N(c5ccccc5)c5ccc6oc7ccccc7c6c5)nnc4c3nn2)cc1. The van der Waals surface area contributed by atoms with Crippen LogP contribution in [0.5, 0.6) is 0 Å². The average molecular weight is 703 g/mol. The van der Waals surface area contributed by atoms with E-state index in [4.69, 9.17) is 29.2 Å². The molecule has 11 rings (SSSR count). The number of fused-ring (bicyclic) bond motifs is 9.